The first-order valence-corrected chi connectivity index (χ1v) is 13.6. The fraction of sp³-hybridized carbons (Fsp3) is 0. The molecule has 0 saturated carbocycles. The molecule has 0 N–H and O–H groups in total. The van der Waals surface area contributed by atoms with Crippen molar-refractivity contribution in [3.05, 3.63) is 140 Å². The van der Waals surface area contributed by atoms with Crippen LogP contribution in [-0.4, -0.2) is 18.8 Å². The summed E-state index contributed by atoms with van der Waals surface area (Å²) in [5, 5.41) is 6.60. The van der Waals surface area contributed by atoms with Crippen LogP contribution in [0.2, 0.25) is 0 Å². The van der Waals surface area contributed by atoms with E-state index in [9.17, 15) is 0 Å². The zero-order valence-electron chi connectivity index (χ0n) is 22.2. The van der Waals surface area contributed by atoms with Crippen molar-refractivity contribution in [2.24, 2.45) is 0 Å². The molecule has 9 rings (SSSR count). The van der Waals surface area contributed by atoms with Gasteiger partial charge in [-0.3, -0.25) is 14.9 Å². The monoisotopic (exact) mass is 718 g/mol. The van der Waals surface area contributed by atoms with Gasteiger partial charge < -0.3 is 8.80 Å². The molecule has 0 amide bonds. The first kappa shape index (κ1) is 24.8. The van der Waals surface area contributed by atoms with Crippen molar-refractivity contribution in [2.75, 3.05) is 4.90 Å². The van der Waals surface area contributed by atoms with E-state index in [1.54, 1.807) is 0 Å². The van der Waals surface area contributed by atoms with Gasteiger partial charge in [-0.15, -0.1) is 59.3 Å². The van der Waals surface area contributed by atoms with E-state index in [-0.39, 0.29) is 21.1 Å². The van der Waals surface area contributed by atoms with E-state index in [0.29, 0.717) is 0 Å². The van der Waals surface area contributed by atoms with Gasteiger partial charge in [0.05, 0.1) is 11.3 Å². The summed E-state index contributed by atoms with van der Waals surface area (Å²) >= 11 is 0. The first-order chi connectivity index (χ1) is 20.3. The van der Waals surface area contributed by atoms with Crippen molar-refractivity contribution in [1.29, 1.82) is 0 Å². The van der Waals surface area contributed by atoms with Crippen molar-refractivity contribution in [3.63, 3.8) is 0 Å². The Kier molecular flexibility index (Phi) is 5.63. The summed E-state index contributed by atoms with van der Waals surface area (Å²) in [6, 6.07) is 46.4. The number of para-hydroxylation sites is 3. The summed E-state index contributed by atoms with van der Waals surface area (Å²) < 4.78 is 4.35. The van der Waals surface area contributed by atoms with Crippen LogP contribution in [0.4, 0.5) is 17.3 Å². The third-order valence-electron chi connectivity index (χ3n) is 7.93. The van der Waals surface area contributed by atoms with Gasteiger partial charge in [0.15, 0.2) is 0 Å². The molecule has 0 atom stereocenters. The zero-order chi connectivity index (χ0) is 26.9. The smallest absolute Gasteiger partial charge is 0.338 e. The molecule has 6 heteroatoms. The van der Waals surface area contributed by atoms with Gasteiger partial charge in [0.1, 0.15) is 11.6 Å². The number of benzene rings is 5. The van der Waals surface area contributed by atoms with Gasteiger partial charge in [0.25, 0.3) is 0 Å². The number of hydrogen-bond acceptors (Lipinski definition) is 3. The molecular formula is C36H21N5Pt. The second-order valence-electron chi connectivity index (χ2n) is 10.2. The maximum absolute atomic E-state index is 5.24. The summed E-state index contributed by atoms with van der Waals surface area (Å²) in [6.45, 7) is 0. The Balaban J connectivity index is 0.00000267. The molecule has 42 heavy (non-hydrogen) atoms. The maximum atomic E-state index is 5.24. The molecular weight excluding hydrogens is 698 g/mol. The Morgan fingerprint density at radius 1 is 0.500 bits per heavy atom. The van der Waals surface area contributed by atoms with E-state index in [2.05, 4.69) is 111 Å². The normalized spacial score (nSPS) is 11.6. The number of anilines is 3. The average Bonchev–Trinajstić information content (AvgIpc) is 3.68. The van der Waals surface area contributed by atoms with Gasteiger partial charge in [-0.05, 0) is 35.0 Å². The minimum Gasteiger partial charge on any atom is -0.338 e. The Hall–Kier alpha value is -4.99. The molecule has 0 unspecified atom stereocenters. The van der Waals surface area contributed by atoms with Crippen molar-refractivity contribution in [1.82, 2.24) is 18.8 Å². The molecule has 0 saturated heterocycles. The van der Waals surface area contributed by atoms with E-state index in [0.717, 1.165) is 61.2 Å². The van der Waals surface area contributed by atoms with E-state index >= 15 is 0 Å². The number of pyridine rings is 2. The summed E-state index contributed by atoms with van der Waals surface area (Å²) in [5.41, 5.74) is 4.91. The van der Waals surface area contributed by atoms with Crippen molar-refractivity contribution in [3.8, 4) is 0 Å². The van der Waals surface area contributed by atoms with Crippen LogP contribution < -0.4 is 4.90 Å². The van der Waals surface area contributed by atoms with Gasteiger partial charge in [-0.1, -0.05) is 65.4 Å². The number of aromatic nitrogens is 4. The topological polar surface area (TPSA) is 37.8 Å². The Morgan fingerprint density at radius 3 is 1.48 bits per heavy atom. The average molecular weight is 719 g/mol. The molecule has 5 nitrogen and oxygen atoms in total. The van der Waals surface area contributed by atoms with E-state index in [4.69, 9.17) is 9.97 Å². The molecule has 4 aromatic heterocycles. The van der Waals surface area contributed by atoms with Gasteiger partial charge >= 0.3 is 21.1 Å². The largest absolute Gasteiger partial charge is 2.00 e. The van der Waals surface area contributed by atoms with E-state index in [1.165, 1.54) is 10.8 Å². The third-order valence-corrected chi connectivity index (χ3v) is 7.93. The van der Waals surface area contributed by atoms with Crippen LogP contribution in [-0.2, 0) is 21.1 Å². The number of hydrogen-bond donors (Lipinski definition) is 0. The fourth-order valence-electron chi connectivity index (χ4n) is 6.15. The minimum atomic E-state index is 0. The Labute approximate surface area is 255 Å². The van der Waals surface area contributed by atoms with Crippen molar-refractivity contribution in [2.45, 2.75) is 0 Å². The standard InChI is InChI=1S/C36H21N5.Pt/c1-2-12-24(13-3-1)41(33-22-39-31-20-10-8-16-27(31)25-14-4-6-18-29(25)35(39)37-33)34-23-40-32-21-11-9-17-28(32)26-15-5-7-19-30(26)36(40)38-34;/h1-17,20-23H;/q-2;+2. The van der Waals surface area contributed by atoms with E-state index < -0.39 is 0 Å². The summed E-state index contributed by atoms with van der Waals surface area (Å²) in [7, 11) is 0. The number of fused-ring (bicyclic) bond motifs is 12. The third kappa shape index (κ3) is 3.54. The molecule has 0 bridgehead atoms. The molecule has 0 aliphatic rings. The SMILES string of the molecule is [Pt+2].[c-]1cccc2c1c1nc(N(c3ccccc3)c3cn4c5ccccc5c5ccc[c-]c5c4n3)cn1c1ccccc21. The summed E-state index contributed by atoms with van der Waals surface area (Å²) in [4.78, 5) is 12.6. The molecule has 200 valence electrons. The van der Waals surface area contributed by atoms with Crippen LogP contribution in [0, 0.1) is 12.1 Å². The van der Waals surface area contributed by atoms with Gasteiger partial charge in [-0.2, -0.15) is 0 Å². The summed E-state index contributed by atoms with van der Waals surface area (Å²) in [6.07, 6.45) is 4.22. The van der Waals surface area contributed by atoms with Gasteiger partial charge in [0, 0.05) is 29.1 Å². The first-order valence-electron chi connectivity index (χ1n) is 13.6. The summed E-state index contributed by atoms with van der Waals surface area (Å²) in [5.74, 6) is 1.57. The predicted octanol–water partition coefficient (Wildman–Crippen LogP) is 8.66. The van der Waals surface area contributed by atoms with Crippen LogP contribution in [0.3, 0.4) is 0 Å². The van der Waals surface area contributed by atoms with Crippen molar-refractivity contribution >= 4 is 72.0 Å². The van der Waals surface area contributed by atoms with Crippen LogP contribution >= 0.6 is 0 Å². The van der Waals surface area contributed by atoms with Crippen LogP contribution in [0.1, 0.15) is 0 Å². The molecule has 4 heterocycles. The molecule has 0 aliphatic carbocycles. The Bertz CT molecular complexity index is 2140. The quantitative estimate of drug-likeness (QED) is 0.136. The van der Waals surface area contributed by atoms with Crippen LogP contribution in [0.15, 0.2) is 128 Å². The second kappa shape index (κ2) is 9.54. The molecule has 9 aromatic rings. The maximum Gasteiger partial charge on any atom is 2.00 e. The minimum absolute atomic E-state index is 0. The van der Waals surface area contributed by atoms with Gasteiger partial charge in [-0.25, -0.2) is 0 Å². The van der Waals surface area contributed by atoms with Crippen molar-refractivity contribution < 1.29 is 21.1 Å². The number of rotatable bonds is 3. The number of imidazole rings is 2. The second-order valence-corrected chi connectivity index (χ2v) is 10.2. The van der Waals surface area contributed by atoms with Crippen LogP contribution in [0.25, 0.3) is 54.6 Å². The fourth-order valence-corrected chi connectivity index (χ4v) is 6.15. The molecule has 5 aromatic carbocycles. The predicted molar refractivity (Wildman–Crippen MR) is 166 cm³/mol. The molecule has 0 radical (unpaired) electrons. The van der Waals surface area contributed by atoms with E-state index in [1.807, 2.05) is 42.5 Å². The van der Waals surface area contributed by atoms with Gasteiger partial charge in [0.2, 0.25) is 0 Å². The molecule has 0 spiro atoms. The molecule has 0 aliphatic heterocycles. The zero-order valence-corrected chi connectivity index (χ0v) is 24.4. The van der Waals surface area contributed by atoms with Crippen LogP contribution in [0.5, 0.6) is 0 Å². The number of nitrogens with zero attached hydrogens (tertiary/aromatic N) is 5. The molecule has 0 fully saturated rings. The Morgan fingerprint density at radius 2 is 0.952 bits per heavy atom.